The van der Waals surface area contributed by atoms with Crippen LogP contribution in [0.25, 0.3) is 10.9 Å². The Labute approximate surface area is 134 Å². The summed E-state index contributed by atoms with van der Waals surface area (Å²) in [6.45, 7) is 1.46. The third kappa shape index (κ3) is 3.06. The minimum absolute atomic E-state index is 0.124. The first-order chi connectivity index (χ1) is 11.1. The Morgan fingerprint density at radius 2 is 2.22 bits per heavy atom. The number of nitrogens with one attached hydrogen (secondary N) is 1. The smallest absolute Gasteiger partial charge is 0.267 e. The number of carbonyl (C=O) groups excluding carboxylic acids is 1. The zero-order valence-corrected chi connectivity index (χ0v) is 13.4. The normalized spacial score (nSPS) is 11.0. The molecule has 1 amide bonds. The number of benzene rings is 1. The molecule has 0 aliphatic rings. The highest BCUT2D eigenvalue weighted by atomic mass is 16.3. The number of phenols is 1. The molecule has 2 aromatic heterocycles. The summed E-state index contributed by atoms with van der Waals surface area (Å²) in [6, 6.07) is 7.02. The van der Waals surface area contributed by atoms with Gasteiger partial charge in [0.1, 0.15) is 23.8 Å². The van der Waals surface area contributed by atoms with Crippen LogP contribution in [0.3, 0.4) is 0 Å². The van der Waals surface area contributed by atoms with Crippen molar-refractivity contribution in [2.75, 3.05) is 6.54 Å². The lowest BCUT2D eigenvalue weighted by Crippen LogP contribution is -2.27. The van der Waals surface area contributed by atoms with Crippen molar-refractivity contribution in [3.05, 3.63) is 48.7 Å². The molecular weight excluding hydrogens is 292 g/mol. The van der Waals surface area contributed by atoms with Gasteiger partial charge in [0.25, 0.3) is 5.91 Å². The number of rotatable bonds is 5. The second-order valence-corrected chi connectivity index (χ2v) is 5.72. The van der Waals surface area contributed by atoms with Crippen LogP contribution in [0.2, 0.25) is 0 Å². The Morgan fingerprint density at radius 1 is 1.39 bits per heavy atom. The molecular formula is C17H21N4O2+. The highest BCUT2D eigenvalue weighted by Crippen LogP contribution is 2.26. The first-order valence-corrected chi connectivity index (χ1v) is 7.63. The Bertz CT molecular complexity index is 848. The molecule has 0 saturated heterocycles. The molecule has 3 aromatic rings. The number of hydrogen-bond acceptors (Lipinski definition) is 2. The molecule has 6 heteroatoms. The van der Waals surface area contributed by atoms with Crippen molar-refractivity contribution < 1.29 is 14.5 Å². The number of aromatic hydroxyl groups is 1. The number of phenolic OH excluding ortho intramolecular Hbond substituents is 1. The molecule has 0 saturated carbocycles. The third-order valence-corrected chi connectivity index (χ3v) is 4.00. The highest BCUT2D eigenvalue weighted by Gasteiger charge is 2.14. The van der Waals surface area contributed by atoms with Crippen molar-refractivity contribution in [2.45, 2.75) is 13.0 Å². The lowest BCUT2D eigenvalue weighted by atomic mass is 10.2. The molecule has 0 bridgehead atoms. The first-order valence-electron chi connectivity index (χ1n) is 7.63. The fourth-order valence-corrected chi connectivity index (χ4v) is 2.75. The standard InChI is InChI=1S/C17H20N4O2/c1-19-9-10-21(12-19)8-4-7-18-17(23)15-11-13-14(20(15)2)5-3-6-16(13)22/h3,5-6,9-12H,4,7-8H2,1-2H3,(H-,18,22,23)/p+1. The van der Waals surface area contributed by atoms with E-state index in [9.17, 15) is 9.90 Å². The summed E-state index contributed by atoms with van der Waals surface area (Å²) in [6.07, 6.45) is 6.86. The summed E-state index contributed by atoms with van der Waals surface area (Å²) in [5.74, 6) is 0.0683. The average Bonchev–Trinajstić information content (AvgIpc) is 3.09. The highest BCUT2D eigenvalue weighted by molar-refractivity contribution is 6.00. The average molecular weight is 313 g/mol. The van der Waals surface area contributed by atoms with Crippen molar-refractivity contribution in [3.8, 4) is 5.75 Å². The molecule has 0 radical (unpaired) electrons. The van der Waals surface area contributed by atoms with Crippen LogP contribution in [0.15, 0.2) is 43.0 Å². The lowest BCUT2D eigenvalue weighted by molar-refractivity contribution is -0.671. The quantitative estimate of drug-likeness (QED) is 0.551. The van der Waals surface area contributed by atoms with Crippen LogP contribution in [-0.2, 0) is 20.6 Å². The lowest BCUT2D eigenvalue weighted by Gasteiger charge is -2.06. The molecule has 0 unspecified atom stereocenters. The molecule has 1 aromatic carbocycles. The molecule has 23 heavy (non-hydrogen) atoms. The van der Waals surface area contributed by atoms with Gasteiger partial charge in [0.05, 0.1) is 19.1 Å². The van der Waals surface area contributed by atoms with Gasteiger partial charge in [-0.15, -0.1) is 0 Å². The molecule has 0 fully saturated rings. The fraction of sp³-hybridized carbons (Fsp3) is 0.294. The Morgan fingerprint density at radius 3 is 2.91 bits per heavy atom. The van der Waals surface area contributed by atoms with Gasteiger partial charge in [-0.1, -0.05) is 6.07 Å². The monoisotopic (exact) mass is 313 g/mol. The van der Waals surface area contributed by atoms with E-state index >= 15 is 0 Å². The maximum Gasteiger partial charge on any atom is 0.267 e. The van der Waals surface area contributed by atoms with E-state index in [0.29, 0.717) is 17.6 Å². The largest absolute Gasteiger partial charge is 0.507 e. The summed E-state index contributed by atoms with van der Waals surface area (Å²) >= 11 is 0. The van der Waals surface area contributed by atoms with Crippen LogP contribution in [0.4, 0.5) is 0 Å². The zero-order chi connectivity index (χ0) is 16.4. The molecule has 120 valence electrons. The number of imidazole rings is 1. The topological polar surface area (TPSA) is 63.1 Å². The Kier molecular flexibility index (Phi) is 4.06. The van der Waals surface area contributed by atoms with E-state index in [1.54, 1.807) is 22.8 Å². The van der Waals surface area contributed by atoms with E-state index < -0.39 is 0 Å². The van der Waals surface area contributed by atoms with Gasteiger partial charge >= 0.3 is 0 Å². The van der Waals surface area contributed by atoms with Gasteiger partial charge in [-0.3, -0.25) is 4.79 Å². The number of amides is 1. The van der Waals surface area contributed by atoms with E-state index in [0.717, 1.165) is 18.5 Å². The molecule has 0 atom stereocenters. The fourth-order valence-electron chi connectivity index (χ4n) is 2.75. The molecule has 0 spiro atoms. The van der Waals surface area contributed by atoms with Crippen LogP contribution in [0.5, 0.6) is 5.75 Å². The van der Waals surface area contributed by atoms with Crippen molar-refractivity contribution >= 4 is 16.8 Å². The Balaban J connectivity index is 1.62. The van der Waals surface area contributed by atoms with E-state index in [1.807, 2.05) is 43.4 Å². The van der Waals surface area contributed by atoms with Crippen molar-refractivity contribution in [1.29, 1.82) is 0 Å². The van der Waals surface area contributed by atoms with E-state index in [1.165, 1.54) is 0 Å². The molecule has 0 aliphatic carbocycles. The maximum atomic E-state index is 12.3. The summed E-state index contributed by atoms with van der Waals surface area (Å²) in [7, 11) is 3.81. The summed E-state index contributed by atoms with van der Waals surface area (Å²) in [5, 5.41) is 13.5. The molecule has 2 heterocycles. The van der Waals surface area contributed by atoms with Gasteiger partial charge in [0.15, 0.2) is 0 Å². The number of nitrogens with zero attached hydrogens (tertiary/aromatic N) is 3. The van der Waals surface area contributed by atoms with E-state index in [2.05, 4.69) is 9.88 Å². The maximum absolute atomic E-state index is 12.3. The molecule has 0 aliphatic heterocycles. The summed E-state index contributed by atoms with van der Waals surface area (Å²) < 4.78 is 5.87. The molecule has 2 N–H and O–H groups in total. The van der Waals surface area contributed by atoms with Gasteiger partial charge in [-0.05, 0) is 18.2 Å². The third-order valence-electron chi connectivity index (χ3n) is 4.00. The molecule has 3 rings (SSSR count). The van der Waals surface area contributed by atoms with Gasteiger partial charge in [-0.2, -0.15) is 0 Å². The summed E-state index contributed by atoms with van der Waals surface area (Å²) in [4.78, 5) is 12.3. The van der Waals surface area contributed by atoms with Gasteiger partial charge in [0, 0.05) is 25.4 Å². The minimum Gasteiger partial charge on any atom is -0.507 e. The van der Waals surface area contributed by atoms with Gasteiger partial charge in [-0.25, -0.2) is 9.13 Å². The van der Waals surface area contributed by atoms with Gasteiger partial charge < -0.3 is 15.0 Å². The predicted octanol–water partition coefficient (Wildman–Crippen LogP) is 1.33. The van der Waals surface area contributed by atoms with Crippen LogP contribution >= 0.6 is 0 Å². The second kappa shape index (κ2) is 6.16. The number of fused-ring (bicyclic) bond motifs is 1. The SMILES string of the molecule is Cn1c(C(=O)NCCCn2cc[n+](C)c2)cc2c(O)cccc21. The van der Waals surface area contributed by atoms with Crippen LogP contribution in [0, 0.1) is 0 Å². The summed E-state index contributed by atoms with van der Waals surface area (Å²) in [5.41, 5.74) is 1.39. The van der Waals surface area contributed by atoms with Crippen LogP contribution < -0.4 is 9.88 Å². The number of aromatic nitrogens is 3. The van der Waals surface area contributed by atoms with Crippen molar-refractivity contribution in [3.63, 3.8) is 0 Å². The van der Waals surface area contributed by atoms with E-state index in [-0.39, 0.29) is 11.7 Å². The molecule has 6 nitrogen and oxygen atoms in total. The Hall–Kier alpha value is -2.76. The zero-order valence-electron chi connectivity index (χ0n) is 13.4. The second-order valence-electron chi connectivity index (χ2n) is 5.72. The number of hydrogen-bond donors (Lipinski definition) is 2. The van der Waals surface area contributed by atoms with Crippen LogP contribution in [0.1, 0.15) is 16.9 Å². The first kappa shape index (κ1) is 15.1. The predicted molar refractivity (Wildman–Crippen MR) is 87.1 cm³/mol. The van der Waals surface area contributed by atoms with E-state index in [4.69, 9.17) is 0 Å². The number of carbonyl (C=O) groups is 1. The minimum atomic E-state index is -0.124. The van der Waals surface area contributed by atoms with Gasteiger partial charge in [0.2, 0.25) is 6.33 Å². The van der Waals surface area contributed by atoms with Crippen LogP contribution in [-0.4, -0.2) is 26.7 Å². The number of aryl methyl sites for hydroxylation is 3. The van der Waals surface area contributed by atoms with Crippen molar-refractivity contribution in [2.24, 2.45) is 14.1 Å². The van der Waals surface area contributed by atoms with Crippen molar-refractivity contribution in [1.82, 2.24) is 14.5 Å².